The summed E-state index contributed by atoms with van der Waals surface area (Å²) in [5.41, 5.74) is 10.1. The van der Waals surface area contributed by atoms with Gasteiger partial charge >= 0.3 is 6.61 Å². The van der Waals surface area contributed by atoms with Gasteiger partial charge < -0.3 is 25.0 Å². The summed E-state index contributed by atoms with van der Waals surface area (Å²) in [6.45, 7) is 2.41. The van der Waals surface area contributed by atoms with Crippen molar-refractivity contribution in [2.75, 3.05) is 24.8 Å². The number of ether oxygens (including phenoxy) is 2. The van der Waals surface area contributed by atoms with Gasteiger partial charge in [-0.1, -0.05) is 5.16 Å². The van der Waals surface area contributed by atoms with Crippen LogP contribution >= 0.6 is 0 Å². The standard InChI is InChI=1S/C19H22F2N4O3/c1-9(8-27-19(20)21)24-18-12-6-16(26-4)13(5-15(12)23-7-14(18)22)17-10(2)25-28-11(17)3/h5-7,9,19H,8,22H2,1-4H3,(H,23,24)/t9-/m0/s1. The molecular weight excluding hydrogens is 370 g/mol. The largest absolute Gasteiger partial charge is 0.496 e. The summed E-state index contributed by atoms with van der Waals surface area (Å²) in [6.07, 6.45) is 1.52. The molecule has 0 bridgehead atoms. The van der Waals surface area contributed by atoms with Crippen LogP contribution in [0.5, 0.6) is 5.75 Å². The van der Waals surface area contributed by atoms with Crippen molar-refractivity contribution in [2.45, 2.75) is 33.4 Å². The van der Waals surface area contributed by atoms with E-state index in [2.05, 4.69) is 20.2 Å². The Bertz CT molecular complexity index is 971. The number of halogens is 2. The van der Waals surface area contributed by atoms with Crippen LogP contribution in [0.25, 0.3) is 22.0 Å². The van der Waals surface area contributed by atoms with Crippen LogP contribution in [0, 0.1) is 13.8 Å². The predicted molar refractivity (Wildman–Crippen MR) is 103 cm³/mol. The van der Waals surface area contributed by atoms with Gasteiger partial charge in [-0.25, -0.2) is 0 Å². The van der Waals surface area contributed by atoms with Crippen LogP contribution in [0.1, 0.15) is 18.4 Å². The van der Waals surface area contributed by atoms with Crippen molar-refractivity contribution in [1.29, 1.82) is 0 Å². The summed E-state index contributed by atoms with van der Waals surface area (Å²) in [6, 6.07) is 3.28. The van der Waals surface area contributed by atoms with Gasteiger partial charge in [-0.3, -0.25) is 4.98 Å². The molecule has 0 fully saturated rings. The first-order valence-electron chi connectivity index (χ1n) is 8.67. The highest BCUT2D eigenvalue weighted by Crippen LogP contribution is 2.40. The van der Waals surface area contributed by atoms with Gasteiger partial charge in [0.25, 0.3) is 0 Å². The van der Waals surface area contributed by atoms with Gasteiger partial charge in [-0.15, -0.1) is 0 Å². The number of nitrogens with zero attached hydrogens (tertiary/aromatic N) is 2. The summed E-state index contributed by atoms with van der Waals surface area (Å²) in [5, 5.41) is 7.83. The number of nitrogen functional groups attached to an aromatic ring is 1. The van der Waals surface area contributed by atoms with Crippen molar-refractivity contribution in [3.8, 4) is 16.9 Å². The van der Waals surface area contributed by atoms with Gasteiger partial charge in [-0.05, 0) is 32.9 Å². The summed E-state index contributed by atoms with van der Waals surface area (Å²) in [4.78, 5) is 4.41. The molecule has 2 aromatic heterocycles. The van der Waals surface area contributed by atoms with Crippen LogP contribution in [0.4, 0.5) is 20.2 Å². The Kier molecular flexibility index (Phi) is 5.64. The monoisotopic (exact) mass is 392 g/mol. The molecule has 0 radical (unpaired) electrons. The Labute approximate surface area is 160 Å². The van der Waals surface area contributed by atoms with Crippen molar-refractivity contribution in [3.63, 3.8) is 0 Å². The first-order valence-corrected chi connectivity index (χ1v) is 8.67. The SMILES string of the molecule is COc1cc2c(N[C@@H](C)COC(F)F)c(N)cnc2cc1-c1c(C)noc1C. The highest BCUT2D eigenvalue weighted by atomic mass is 19.3. The van der Waals surface area contributed by atoms with Crippen LogP contribution < -0.4 is 15.8 Å². The molecule has 0 aliphatic rings. The highest BCUT2D eigenvalue weighted by Gasteiger charge is 2.19. The van der Waals surface area contributed by atoms with Crippen molar-refractivity contribution in [1.82, 2.24) is 10.1 Å². The molecule has 0 amide bonds. The second-order valence-corrected chi connectivity index (χ2v) is 6.50. The van der Waals surface area contributed by atoms with E-state index < -0.39 is 12.7 Å². The van der Waals surface area contributed by atoms with Gasteiger partial charge in [0.2, 0.25) is 0 Å². The maximum Gasteiger partial charge on any atom is 0.345 e. The summed E-state index contributed by atoms with van der Waals surface area (Å²) in [5.74, 6) is 1.26. The molecule has 3 aromatic rings. The molecule has 0 saturated heterocycles. The Morgan fingerprint density at radius 2 is 2.04 bits per heavy atom. The lowest BCUT2D eigenvalue weighted by Crippen LogP contribution is -2.23. The third-order valence-electron chi connectivity index (χ3n) is 4.38. The van der Waals surface area contributed by atoms with E-state index in [4.69, 9.17) is 15.0 Å². The average Bonchev–Trinajstić information content (AvgIpc) is 2.99. The highest BCUT2D eigenvalue weighted by molar-refractivity contribution is 6.00. The minimum absolute atomic E-state index is 0.171. The van der Waals surface area contributed by atoms with Gasteiger partial charge in [0, 0.05) is 17.0 Å². The average molecular weight is 392 g/mol. The number of anilines is 2. The summed E-state index contributed by atoms with van der Waals surface area (Å²) < 4.78 is 39.8. The number of aromatic nitrogens is 2. The zero-order valence-electron chi connectivity index (χ0n) is 16.0. The Morgan fingerprint density at radius 3 is 2.64 bits per heavy atom. The van der Waals surface area contributed by atoms with E-state index in [1.807, 2.05) is 26.0 Å². The van der Waals surface area contributed by atoms with E-state index in [-0.39, 0.29) is 6.61 Å². The molecule has 3 rings (SSSR count). The van der Waals surface area contributed by atoms with Gasteiger partial charge in [-0.2, -0.15) is 8.78 Å². The van der Waals surface area contributed by atoms with Gasteiger partial charge in [0.05, 0.1) is 48.1 Å². The van der Waals surface area contributed by atoms with Crippen molar-refractivity contribution in [2.24, 2.45) is 0 Å². The van der Waals surface area contributed by atoms with E-state index in [0.717, 1.165) is 16.8 Å². The van der Waals surface area contributed by atoms with Gasteiger partial charge in [0.1, 0.15) is 11.5 Å². The van der Waals surface area contributed by atoms with Gasteiger partial charge in [0.15, 0.2) is 0 Å². The van der Waals surface area contributed by atoms with Crippen LogP contribution in [0.3, 0.4) is 0 Å². The topological polar surface area (TPSA) is 95.4 Å². The number of pyridine rings is 1. The Morgan fingerprint density at radius 1 is 1.29 bits per heavy atom. The lowest BCUT2D eigenvalue weighted by molar-refractivity contribution is -0.130. The van der Waals surface area contributed by atoms with Crippen LogP contribution in [0.15, 0.2) is 22.9 Å². The fourth-order valence-corrected chi connectivity index (χ4v) is 3.13. The van der Waals surface area contributed by atoms with Crippen LogP contribution in [-0.2, 0) is 4.74 Å². The molecule has 2 heterocycles. The quantitative estimate of drug-likeness (QED) is 0.624. The predicted octanol–water partition coefficient (Wildman–Crippen LogP) is 4.14. The fraction of sp³-hybridized carbons (Fsp3) is 0.368. The minimum atomic E-state index is -2.83. The number of rotatable bonds is 7. The minimum Gasteiger partial charge on any atom is -0.496 e. The molecule has 7 nitrogen and oxygen atoms in total. The van der Waals surface area contributed by atoms with Crippen molar-refractivity contribution >= 4 is 22.3 Å². The molecule has 0 aliphatic carbocycles. The number of aryl methyl sites for hydroxylation is 2. The number of alkyl halides is 2. The normalized spacial score (nSPS) is 12.5. The molecule has 0 aliphatic heterocycles. The van der Waals surface area contributed by atoms with E-state index in [1.54, 1.807) is 14.0 Å². The number of benzene rings is 1. The molecule has 1 aromatic carbocycles. The van der Waals surface area contributed by atoms with E-state index in [1.165, 1.54) is 6.20 Å². The molecule has 150 valence electrons. The second-order valence-electron chi connectivity index (χ2n) is 6.50. The Hall–Kier alpha value is -2.94. The zero-order chi connectivity index (χ0) is 20.4. The third-order valence-corrected chi connectivity index (χ3v) is 4.38. The number of nitrogens with two attached hydrogens (primary N) is 1. The molecule has 0 spiro atoms. The smallest absolute Gasteiger partial charge is 0.345 e. The number of nitrogens with one attached hydrogen (secondary N) is 1. The zero-order valence-corrected chi connectivity index (χ0v) is 16.0. The van der Waals surface area contributed by atoms with E-state index in [9.17, 15) is 8.78 Å². The molecule has 1 atom stereocenters. The molecule has 0 unspecified atom stereocenters. The van der Waals surface area contributed by atoms with E-state index in [0.29, 0.717) is 33.8 Å². The first kappa shape index (κ1) is 19.8. The van der Waals surface area contributed by atoms with Crippen LogP contribution in [0.2, 0.25) is 0 Å². The molecule has 0 saturated carbocycles. The summed E-state index contributed by atoms with van der Waals surface area (Å²) >= 11 is 0. The third kappa shape index (κ3) is 3.84. The van der Waals surface area contributed by atoms with Crippen molar-refractivity contribution in [3.05, 3.63) is 29.8 Å². The number of hydrogen-bond acceptors (Lipinski definition) is 7. The number of hydrogen-bond donors (Lipinski definition) is 2. The molecule has 9 heteroatoms. The van der Waals surface area contributed by atoms with Crippen LogP contribution in [-0.4, -0.2) is 36.5 Å². The molecule has 28 heavy (non-hydrogen) atoms. The lowest BCUT2D eigenvalue weighted by Gasteiger charge is -2.19. The van der Waals surface area contributed by atoms with Crippen molar-refractivity contribution < 1.29 is 22.8 Å². The number of fused-ring (bicyclic) bond motifs is 1. The fourth-order valence-electron chi connectivity index (χ4n) is 3.13. The molecule has 3 N–H and O–H groups in total. The molecular formula is C19H22F2N4O3. The maximum atomic E-state index is 12.3. The number of methoxy groups -OCH3 is 1. The second kappa shape index (κ2) is 7.97. The Balaban J connectivity index is 2.08. The first-order chi connectivity index (χ1) is 13.3. The lowest BCUT2D eigenvalue weighted by atomic mass is 10.00. The summed E-state index contributed by atoms with van der Waals surface area (Å²) in [7, 11) is 1.56. The van der Waals surface area contributed by atoms with E-state index >= 15 is 0 Å². The maximum absolute atomic E-state index is 12.3.